The molecule has 0 aliphatic carbocycles. The smallest absolute Gasteiger partial charge is 0.0266 e. The van der Waals surface area contributed by atoms with Gasteiger partial charge >= 0.3 is 0 Å². The molecule has 1 atom stereocenters. The van der Waals surface area contributed by atoms with Crippen molar-refractivity contribution < 1.29 is 0 Å². The molecule has 0 radical (unpaired) electrons. The molecule has 1 saturated heterocycles. The zero-order valence-corrected chi connectivity index (χ0v) is 10.9. The molecule has 17 heavy (non-hydrogen) atoms. The molecule has 0 spiro atoms. The lowest BCUT2D eigenvalue weighted by Crippen LogP contribution is -2.23. The van der Waals surface area contributed by atoms with Crippen molar-refractivity contribution in [1.29, 1.82) is 0 Å². The number of rotatable bonds is 3. The second-order valence-electron chi connectivity index (χ2n) is 5.22. The van der Waals surface area contributed by atoms with Crippen LogP contribution in [-0.2, 0) is 6.54 Å². The van der Waals surface area contributed by atoms with Crippen LogP contribution < -0.4 is 5.73 Å². The highest BCUT2D eigenvalue weighted by Crippen LogP contribution is 2.15. The molecule has 1 aromatic rings. The van der Waals surface area contributed by atoms with Gasteiger partial charge in [-0.3, -0.25) is 4.90 Å². The molecule has 2 nitrogen and oxygen atoms in total. The van der Waals surface area contributed by atoms with Gasteiger partial charge in [-0.1, -0.05) is 37.1 Å². The molecule has 2 heteroatoms. The van der Waals surface area contributed by atoms with Gasteiger partial charge in [-0.15, -0.1) is 0 Å². The van der Waals surface area contributed by atoms with Crippen molar-refractivity contribution in [3.8, 4) is 0 Å². The first kappa shape index (κ1) is 12.6. The molecular weight excluding hydrogens is 208 g/mol. The van der Waals surface area contributed by atoms with E-state index in [-0.39, 0.29) is 6.04 Å². The predicted molar refractivity (Wildman–Crippen MR) is 72.8 cm³/mol. The Morgan fingerprint density at radius 3 is 2.18 bits per heavy atom. The largest absolute Gasteiger partial charge is 0.324 e. The normalized spacial score (nSPS) is 19.9. The van der Waals surface area contributed by atoms with E-state index in [9.17, 15) is 0 Å². The number of nitrogens with zero attached hydrogens (tertiary/aromatic N) is 1. The van der Waals surface area contributed by atoms with Crippen LogP contribution in [-0.4, -0.2) is 18.0 Å². The molecule has 2 N–H and O–H groups in total. The summed E-state index contributed by atoms with van der Waals surface area (Å²) in [6.45, 7) is 5.65. The predicted octanol–water partition coefficient (Wildman–Crippen LogP) is 3.08. The summed E-state index contributed by atoms with van der Waals surface area (Å²) in [4.78, 5) is 2.58. The van der Waals surface area contributed by atoms with Crippen molar-refractivity contribution in [2.45, 2.75) is 45.2 Å². The highest BCUT2D eigenvalue weighted by Gasteiger charge is 2.09. The Hall–Kier alpha value is -0.860. The van der Waals surface area contributed by atoms with E-state index in [1.165, 1.54) is 49.9 Å². The van der Waals surface area contributed by atoms with E-state index in [2.05, 4.69) is 29.2 Å². The zero-order chi connectivity index (χ0) is 12.1. The molecule has 0 saturated carbocycles. The average molecular weight is 232 g/mol. The fraction of sp³-hybridized carbons (Fsp3) is 0.600. The third-order valence-corrected chi connectivity index (χ3v) is 3.61. The first-order chi connectivity index (χ1) is 8.25. The van der Waals surface area contributed by atoms with E-state index in [1.807, 2.05) is 6.92 Å². The zero-order valence-electron chi connectivity index (χ0n) is 10.9. The minimum atomic E-state index is 0.141. The van der Waals surface area contributed by atoms with Crippen molar-refractivity contribution in [2.75, 3.05) is 13.1 Å². The first-order valence-corrected chi connectivity index (χ1v) is 6.82. The number of hydrogen-bond donors (Lipinski definition) is 1. The van der Waals surface area contributed by atoms with Crippen LogP contribution in [0.25, 0.3) is 0 Å². The van der Waals surface area contributed by atoms with Gasteiger partial charge in [-0.05, 0) is 44.0 Å². The van der Waals surface area contributed by atoms with Gasteiger partial charge in [-0.25, -0.2) is 0 Å². The molecule has 1 unspecified atom stereocenters. The molecular formula is C15H24N2. The minimum absolute atomic E-state index is 0.141. The van der Waals surface area contributed by atoms with Crippen molar-refractivity contribution in [2.24, 2.45) is 5.73 Å². The maximum absolute atomic E-state index is 5.86. The van der Waals surface area contributed by atoms with Crippen LogP contribution in [0.4, 0.5) is 0 Å². The topological polar surface area (TPSA) is 29.3 Å². The van der Waals surface area contributed by atoms with E-state index in [0.29, 0.717) is 0 Å². The Labute approximate surface area is 105 Å². The quantitative estimate of drug-likeness (QED) is 0.867. The van der Waals surface area contributed by atoms with Crippen LogP contribution in [0.5, 0.6) is 0 Å². The summed E-state index contributed by atoms with van der Waals surface area (Å²) < 4.78 is 0. The number of likely N-dealkylation sites (tertiary alicyclic amines) is 1. The average Bonchev–Trinajstić information content (AvgIpc) is 2.58. The molecule has 1 aliphatic rings. The molecule has 1 aromatic carbocycles. The summed E-state index contributed by atoms with van der Waals surface area (Å²) in [5, 5.41) is 0. The van der Waals surface area contributed by atoms with Crippen LogP contribution >= 0.6 is 0 Å². The fourth-order valence-corrected chi connectivity index (χ4v) is 2.48. The van der Waals surface area contributed by atoms with Gasteiger partial charge in [-0.2, -0.15) is 0 Å². The van der Waals surface area contributed by atoms with Crippen molar-refractivity contribution >= 4 is 0 Å². The van der Waals surface area contributed by atoms with Crippen LogP contribution in [0.1, 0.15) is 49.8 Å². The van der Waals surface area contributed by atoms with Gasteiger partial charge in [0.2, 0.25) is 0 Å². The maximum atomic E-state index is 5.86. The molecule has 1 aliphatic heterocycles. The molecule has 0 bridgehead atoms. The number of benzene rings is 1. The van der Waals surface area contributed by atoms with E-state index in [1.54, 1.807) is 0 Å². The van der Waals surface area contributed by atoms with E-state index in [4.69, 9.17) is 5.73 Å². The Bertz CT molecular complexity index is 321. The summed E-state index contributed by atoms with van der Waals surface area (Å²) in [5.41, 5.74) is 8.50. The number of hydrogen-bond acceptors (Lipinski definition) is 2. The lowest BCUT2D eigenvalue weighted by molar-refractivity contribution is 0.277. The monoisotopic (exact) mass is 232 g/mol. The van der Waals surface area contributed by atoms with Gasteiger partial charge in [0, 0.05) is 12.6 Å². The Kier molecular flexibility index (Phi) is 4.57. The third-order valence-electron chi connectivity index (χ3n) is 3.61. The van der Waals surface area contributed by atoms with Gasteiger partial charge in [0.25, 0.3) is 0 Å². The number of nitrogens with two attached hydrogens (primary N) is 1. The van der Waals surface area contributed by atoms with E-state index < -0.39 is 0 Å². The van der Waals surface area contributed by atoms with E-state index in [0.717, 1.165) is 6.54 Å². The summed E-state index contributed by atoms with van der Waals surface area (Å²) in [6, 6.07) is 8.92. The summed E-state index contributed by atoms with van der Waals surface area (Å²) in [5.74, 6) is 0. The van der Waals surface area contributed by atoms with Crippen LogP contribution in [0.15, 0.2) is 24.3 Å². The van der Waals surface area contributed by atoms with Gasteiger partial charge in [0.05, 0.1) is 0 Å². The fourth-order valence-electron chi connectivity index (χ4n) is 2.48. The highest BCUT2D eigenvalue weighted by molar-refractivity contribution is 5.24. The summed E-state index contributed by atoms with van der Waals surface area (Å²) in [7, 11) is 0. The lowest BCUT2D eigenvalue weighted by atomic mass is 10.1. The molecule has 2 rings (SSSR count). The minimum Gasteiger partial charge on any atom is -0.324 e. The standard InChI is InChI=1S/C15H24N2/c1-13(16)15-8-6-14(7-9-15)12-17-10-4-2-3-5-11-17/h6-9,13H,2-5,10-12,16H2,1H3. The van der Waals surface area contributed by atoms with Crippen LogP contribution in [0, 0.1) is 0 Å². The van der Waals surface area contributed by atoms with Crippen LogP contribution in [0.3, 0.4) is 0 Å². The maximum Gasteiger partial charge on any atom is 0.0266 e. The highest BCUT2D eigenvalue weighted by atomic mass is 15.1. The SMILES string of the molecule is CC(N)c1ccc(CN2CCCCCC2)cc1. The Morgan fingerprint density at radius 2 is 1.65 bits per heavy atom. The summed E-state index contributed by atoms with van der Waals surface area (Å²) >= 11 is 0. The summed E-state index contributed by atoms with van der Waals surface area (Å²) in [6.07, 6.45) is 5.52. The first-order valence-electron chi connectivity index (χ1n) is 6.82. The molecule has 1 heterocycles. The van der Waals surface area contributed by atoms with Crippen molar-refractivity contribution in [3.63, 3.8) is 0 Å². The second-order valence-corrected chi connectivity index (χ2v) is 5.22. The third kappa shape index (κ3) is 3.83. The van der Waals surface area contributed by atoms with Crippen molar-refractivity contribution in [3.05, 3.63) is 35.4 Å². The molecule has 94 valence electrons. The lowest BCUT2D eigenvalue weighted by Gasteiger charge is -2.20. The Morgan fingerprint density at radius 1 is 1.06 bits per heavy atom. The van der Waals surface area contributed by atoms with Crippen LogP contribution in [0.2, 0.25) is 0 Å². The van der Waals surface area contributed by atoms with E-state index >= 15 is 0 Å². The van der Waals surface area contributed by atoms with Gasteiger partial charge < -0.3 is 5.73 Å². The van der Waals surface area contributed by atoms with Gasteiger partial charge in [0.1, 0.15) is 0 Å². The second kappa shape index (κ2) is 6.18. The molecule has 1 fully saturated rings. The molecule has 0 amide bonds. The van der Waals surface area contributed by atoms with Crippen molar-refractivity contribution in [1.82, 2.24) is 4.90 Å². The van der Waals surface area contributed by atoms with Gasteiger partial charge in [0.15, 0.2) is 0 Å². The Balaban J connectivity index is 1.93. The molecule has 0 aromatic heterocycles.